The van der Waals surface area contributed by atoms with Crippen LogP contribution in [0.2, 0.25) is 0 Å². The lowest BCUT2D eigenvalue weighted by atomic mass is 9.92. The Morgan fingerprint density at radius 3 is 2.19 bits per heavy atom. The van der Waals surface area contributed by atoms with Crippen molar-refractivity contribution in [3.63, 3.8) is 0 Å². The third-order valence-corrected chi connectivity index (χ3v) is 5.51. The van der Waals surface area contributed by atoms with Gasteiger partial charge in [-0.25, -0.2) is 0 Å². The molecule has 0 aliphatic heterocycles. The summed E-state index contributed by atoms with van der Waals surface area (Å²) in [6.07, 6.45) is 3.59. The normalized spacial score (nSPS) is 11.3. The summed E-state index contributed by atoms with van der Waals surface area (Å²) in [7, 11) is 0. The van der Waals surface area contributed by atoms with Crippen LogP contribution in [-0.4, -0.2) is 30.4 Å². The average molecular weight is 420 g/mol. The van der Waals surface area contributed by atoms with E-state index in [9.17, 15) is 14.4 Å². The Morgan fingerprint density at radius 2 is 1.61 bits per heavy atom. The molecule has 0 aromatic heterocycles. The van der Waals surface area contributed by atoms with E-state index in [4.69, 9.17) is 0 Å². The lowest BCUT2D eigenvalue weighted by Gasteiger charge is -2.23. The zero-order chi connectivity index (χ0) is 23.0. The molecule has 0 spiro atoms. The van der Waals surface area contributed by atoms with Crippen molar-refractivity contribution in [1.82, 2.24) is 0 Å². The SMILES string of the molecule is CCCCC(=O)/C(=C/c1ccc(N(CC)CC)c(C(C)=O)c1)C(=O)c1ccccc1C. The standard InChI is InChI=1S/C27H33NO3/c1-6-9-14-26(30)24(27(31)22-13-11-10-12-19(22)4)18-21-15-16-25(28(7-2)8-3)23(17-21)20(5)29/h10-13,15-18H,6-9,14H2,1-5H3/b24-18-. The number of Topliss-reactive ketones (excluding diaryl/α,β-unsaturated/α-hetero) is 3. The number of unbranched alkanes of at least 4 members (excludes halogenated alkanes) is 1. The van der Waals surface area contributed by atoms with Crippen LogP contribution in [0.4, 0.5) is 5.69 Å². The van der Waals surface area contributed by atoms with E-state index >= 15 is 0 Å². The molecule has 0 atom stereocenters. The second-order valence-electron chi connectivity index (χ2n) is 7.73. The molecule has 31 heavy (non-hydrogen) atoms. The molecular weight excluding hydrogens is 386 g/mol. The number of allylic oxidation sites excluding steroid dienone is 1. The average Bonchev–Trinajstić information content (AvgIpc) is 2.77. The molecule has 0 unspecified atom stereocenters. The molecule has 0 aliphatic carbocycles. The quantitative estimate of drug-likeness (QED) is 0.192. The van der Waals surface area contributed by atoms with Crippen LogP contribution in [0.25, 0.3) is 6.08 Å². The zero-order valence-electron chi connectivity index (χ0n) is 19.3. The van der Waals surface area contributed by atoms with Crippen molar-refractivity contribution < 1.29 is 14.4 Å². The summed E-state index contributed by atoms with van der Waals surface area (Å²) in [5, 5.41) is 0. The van der Waals surface area contributed by atoms with Gasteiger partial charge in [-0.1, -0.05) is 43.7 Å². The first-order chi connectivity index (χ1) is 14.8. The van der Waals surface area contributed by atoms with Gasteiger partial charge < -0.3 is 4.90 Å². The Labute approximate surface area is 186 Å². The fraction of sp³-hybridized carbons (Fsp3) is 0.370. The first kappa shape index (κ1) is 24.3. The molecule has 164 valence electrons. The number of hydrogen-bond acceptors (Lipinski definition) is 4. The Bertz CT molecular complexity index is 984. The van der Waals surface area contributed by atoms with E-state index in [1.165, 1.54) is 0 Å². The summed E-state index contributed by atoms with van der Waals surface area (Å²) in [6, 6.07) is 12.9. The van der Waals surface area contributed by atoms with Crippen LogP contribution < -0.4 is 4.90 Å². The summed E-state index contributed by atoms with van der Waals surface area (Å²) in [5.74, 6) is -0.468. The summed E-state index contributed by atoms with van der Waals surface area (Å²) in [5.41, 5.74) is 3.70. The van der Waals surface area contributed by atoms with Crippen LogP contribution in [0.3, 0.4) is 0 Å². The van der Waals surface area contributed by atoms with Crippen molar-refractivity contribution in [2.45, 2.75) is 53.9 Å². The highest BCUT2D eigenvalue weighted by Crippen LogP contribution is 2.25. The van der Waals surface area contributed by atoms with Crippen LogP contribution in [0.1, 0.15) is 78.8 Å². The largest absolute Gasteiger partial charge is 0.372 e. The fourth-order valence-electron chi connectivity index (χ4n) is 3.65. The van der Waals surface area contributed by atoms with E-state index in [1.54, 1.807) is 31.2 Å². The number of anilines is 1. The molecule has 0 heterocycles. The lowest BCUT2D eigenvalue weighted by Crippen LogP contribution is -2.24. The highest BCUT2D eigenvalue weighted by atomic mass is 16.1. The first-order valence-corrected chi connectivity index (χ1v) is 11.1. The summed E-state index contributed by atoms with van der Waals surface area (Å²) < 4.78 is 0. The minimum absolute atomic E-state index is 0.0405. The van der Waals surface area contributed by atoms with Crippen molar-refractivity contribution in [2.75, 3.05) is 18.0 Å². The summed E-state index contributed by atoms with van der Waals surface area (Å²) in [6.45, 7) is 11.1. The number of rotatable bonds is 11. The van der Waals surface area contributed by atoms with E-state index in [1.807, 2.05) is 52.0 Å². The lowest BCUT2D eigenvalue weighted by molar-refractivity contribution is -0.115. The predicted molar refractivity (Wildman–Crippen MR) is 128 cm³/mol. The topological polar surface area (TPSA) is 54.5 Å². The van der Waals surface area contributed by atoms with E-state index in [0.29, 0.717) is 23.1 Å². The minimum Gasteiger partial charge on any atom is -0.372 e. The molecule has 0 fully saturated rings. The number of aryl methyl sites for hydroxylation is 1. The molecule has 2 aromatic rings. The Hall–Kier alpha value is -3.01. The molecule has 0 radical (unpaired) electrons. The molecule has 0 amide bonds. The van der Waals surface area contributed by atoms with Gasteiger partial charge in [-0.05, 0) is 63.5 Å². The van der Waals surface area contributed by atoms with E-state index in [2.05, 4.69) is 4.90 Å². The third-order valence-electron chi connectivity index (χ3n) is 5.51. The highest BCUT2D eigenvalue weighted by Gasteiger charge is 2.21. The van der Waals surface area contributed by atoms with Crippen LogP contribution in [0, 0.1) is 6.92 Å². The van der Waals surface area contributed by atoms with E-state index < -0.39 is 0 Å². The highest BCUT2D eigenvalue weighted by molar-refractivity contribution is 6.29. The van der Waals surface area contributed by atoms with Crippen molar-refractivity contribution in [3.05, 3.63) is 70.3 Å². The fourth-order valence-corrected chi connectivity index (χ4v) is 3.65. The van der Waals surface area contributed by atoms with Crippen molar-refractivity contribution in [1.29, 1.82) is 0 Å². The van der Waals surface area contributed by atoms with Gasteiger partial charge in [0.1, 0.15) is 0 Å². The number of nitrogens with zero attached hydrogens (tertiary/aromatic N) is 1. The second kappa shape index (κ2) is 11.4. The predicted octanol–water partition coefficient (Wildman–Crippen LogP) is 6.07. The monoisotopic (exact) mass is 419 g/mol. The Balaban J connectivity index is 2.58. The van der Waals surface area contributed by atoms with E-state index in [-0.39, 0.29) is 22.9 Å². The molecule has 0 saturated heterocycles. The number of ketones is 3. The second-order valence-corrected chi connectivity index (χ2v) is 7.73. The van der Waals surface area contributed by atoms with Crippen molar-refractivity contribution in [3.8, 4) is 0 Å². The van der Waals surface area contributed by atoms with Crippen LogP contribution in [0.5, 0.6) is 0 Å². The number of hydrogen-bond donors (Lipinski definition) is 0. The maximum atomic E-state index is 13.3. The Kier molecular flexibility index (Phi) is 8.92. The van der Waals surface area contributed by atoms with Gasteiger partial charge in [0.25, 0.3) is 0 Å². The molecule has 4 nitrogen and oxygen atoms in total. The smallest absolute Gasteiger partial charge is 0.196 e. The van der Waals surface area contributed by atoms with Gasteiger partial charge >= 0.3 is 0 Å². The van der Waals surface area contributed by atoms with Gasteiger partial charge in [-0.15, -0.1) is 0 Å². The Morgan fingerprint density at radius 1 is 0.935 bits per heavy atom. The molecule has 0 saturated carbocycles. The van der Waals surface area contributed by atoms with Gasteiger partial charge in [0.15, 0.2) is 17.3 Å². The molecule has 0 bridgehead atoms. The van der Waals surface area contributed by atoms with Gasteiger partial charge in [0.2, 0.25) is 0 Å². The van der Waals surface area contributed by atoms with Gasteiger partial charge in [-0.2, -0.15) is 0 Å². The van der Waals surface area contributed by atoms with Crippen molar-refractivity contribution in [2.24, 2.45) is 0 Å². The molecule has 4 heteroatoms. The first-order valence-electron chi connectivity index (χ1n) is 11.1. The third kappa shape index (κ3) is 6.00. The molecule has 0 N–H and O–H groups in total. The molecule has 2 aromatic carbocycles. The summed E-state index contributed by atoms with van der Waals surface area (Å²) in [4.78, 5) is 40.7. The van der Waals surface area contributed by atoms with Crippen LogP contribution >= 0.6 is 0 Å². The van der Waals surface area contributed by atoms with Gasteiger partial charge in [-0.3, -0.25) is 14.4 Å². The maximum absolute atomic E-state index is 13.3. The molecular formula is C27H33NO3. The van der Waals surface area contributed by atoms with E-state index in [0.717, 1.165) is 37.2 Å². The molecule has 2 rings (SSSR count). The number of benzene rings is 2. The van der Waals surface area contributed by atoms with Crippen molar-refractivity contribution >= 4 is 29.1 Å². The van der Waals surface area contributed by atoms with Gasteiger partial charge in [0, 0.05) is 36.3 Å². The maximum Gasteiger partial charge on any atom is 0.196 e. The number of carbonyl (C=O) groups excluding carboxylic acids is 3. The summed E-state index contributed by atoms with van der Waals surface area (Å²) >= 11 is 0. The van der Waals surface area contributed by atoms with Gasteiger partial charge in [0.05, 0.1) is 5.57 Å². The molecule has 0 aliphatic rings. The van der Waals surface area contributed by atoms with Crippen LogP contribution in [-0.2, 0) is 4.79 Å². The minimum atomic E-state index is -0.267. The zero-order valence-corrected chi connectivity index (χ0v) is 19.3. The number of carbonyl (C=O) groups is 3. The van der Waals surface area contributed by atoms with Crippen LogP contribution in [0.15, 0.2) is 48.0 Å².